The van der Waals surface area contributed by atoms with Crippen molar-refractivity contribution in [2.75, 3.05) is 28.7 Å². The summed E-state index contributed by atoms with van der Waals surface area (Å²) in [5.41, 5.74) is 4.80. The number of aromatic nitrogens is 3. The molecule has 3 N–H and O–H groups in total. The molecule has 0 atom stereocenters. The second kappa shape index (κ2) is 11.8. The molecule has 3 aromatic rings. The molecule has 1 aliphatic carbocycles. The topological polar surface area (TPSA) is 135 Å². The van der Waals surface area contributed by atoms with Gasteiger partial charge in [0.1, 0.15) is 5.60 Å². The summed E-state index contributed by atoms with van der Waals surface area (Å²) in [7, 11) is 1.84. The quantitative estimate of drug-likeness (QED) is 0.368. The van der Waals surface area contributed by atoms with Crippen molar-refractivity contribution >= 4 is 35.0 Å². The molecule has 1 saturated carbocycles. The number of anilines is 3. The number of amides is 2. The average molecular weight is 601 g/mol. The van der Waals surface area contributed by atoms with E-state index in [0.717, 1.165) is 54.7 Å². The van der Waals surface area contributed by atoms with Crippen molar-refractivity contribution in [2.45, 2.75) is 77.5 Å². The first-order valence-corrected chi connectivity index (χ1v) is 15.2. The minimum Gasteiger partial charge on any atom is -0.477 e. The fourth-order valence-electron chi connectivity index (χ4n) is 5.78. The van der Waals surface area contributed by atoms with Crippen LogP contribution in [0.1, 0.15) is 68.9 Å². The molecule has 12 heteroatoms. The third kappa shape index (κ3) is 6.34. The van der Waals surface area contributed by atoms with Gasteiger partial charge in [0.25, 0.3) is 5.91 Å². The Morgan fingerprint density at radius 3 is 2.75 bits per heavy atom. The van der Waals surface area contributed by atoms with Crippen LogP contribution in [0, 0.1) is 6.92 Å². The first kappa shape index (κ1) is 29.5. The van der Waals surface area contributed by atoms with Crippen LogP contribution in [-0.2, 0) is 11.8 Å². The molecule has 4 heterocycles. The fourth-order valence-corrected chi connectivity index (χ4v) is 5.78. The van der Waals surface area contributed by atoms with E-state index in [9.17, 15) is 9.59 Å². The Kier molecular flexibility index (Phi) is 7.91. The molecule has 3 aliphatic rings. The van der Waals surface area contributed by atoms with E-state index in [4.69, 9.17) is 9.47 Å². The molecular weight excluding hydrogens is 560 g/mol. The van der Waals surface area contributed by atoms with E-state index < -0.39 is 5.60 Å². The highest BCUT2D eigenvalue weighted by molar-refractivity contribution is 6.21. The Morgan fingerprint density at radius 1 is 1.14 bits per heavy atom. The van der Waals surface area contributed by atoms with Crippen molar-refractivity contribution in [2.24, 2.45) is 12.0 Å². The van der Waals surface area contributed by atoms with E-state index in [1.54, 1.807) is 23.0 Å². The van der Waals surface area contributed by atoms with Gasteiger partial charge in [-0.15, -0.1) is 0 Å². The lowest BCUT2D eigenvalue weighted by atomic mass is 9.86. The maximum Gasteiger partial charge on any atom is 0.407 e. The molecule has 2 amide bonds. The molecule has 0 saturated heterocycles. The number of guanidine groups is 1. The van der Waals surface area contributed by atoms with Crippen LogP contribution in [0.2, 0.25) is 0 Å². The molecule has 44 heavy (non-hydrogen) atoms. The minimum absolute atomic E-state index is 0.0589. The summed E-state index contributed by atoms with van der Waals surface area (Å²) in [4.78, 5) is 37.2. The molecular formula is C32H40N8O4. The standard InChI is InChI=1S/C32H40N8O4/c1-19-14-20-15-26(34-19)23-18-33-39(5)29(23)43-13-8-6-7-12-40-27-24(10-9-11-25(27)37-30(40)38-28(20)41)35-21-16-22(17-21)36-31(42)44-32(2,3)4/h9-11,14-15,18,21-22,35H,6-8,12-13,16-17H2,1-5H3,(H,36,42)(H,37,38,41). The molecule has 0 radical (unpaired) electrons. The summed E-state index contributed by atoms with van der Waals surface area (Å²) in [5, 5.41) is 14.4. The van der Waals surface area contributed by atoms with Crippen LogP contribution in [0.5, 0.6) is 5.88 Å². The maximum absolute atomic E-state index is 13.6. The number of aliphatic imine (C=N–C) groups is 1. The average Bonchev–Trinajstić information content (AvgIpc) is 3.47. The van der Waals surface area contributed by atoms with Gasteiger partial charge in [-0.3, -0.25) is 9.78 Å². The lowest BCUT2D eigenvalue weighted by Gasteiger charge is -2.37. The normalized spacial score (nSPS) is 21.1. The number of nitrogens with one attached hydrogen (secondary N) is 3. The van der Waals surface area contributed by atoms with Gasteiger partial charge in [0.2, 0.25) is 11.8 Å². The Bertz CT molecular complexity index is 1600. The predicted molar refractivity (Wildman–Crippen MR) is 170 cm³/mol. The lowest BCUT2D eigenvalue weighted by Crippen LogP contribution is -2.50. The van der Waals surface area contributed by atoms with Gasteiger partial charge in [0.15, 0.2) is 0 Å². The van der Waals surface area contributed by atoms with Crippen LogP contribution < -0.4 is 25.6 Å². The minimum atomic E-state index is -0.530. The van der Waals surface area contributed by atoms with E-state index in [0.29, 0.717) is 41.9 Å². The van der Waals surface area contributed by atoms with Crippen molar-refractivity contribution in [1.29, 1.82) is 0 Å². The van der Waals surface area contributed by atoms with Gasteiger partial charge in [-0.05, 0) is 84.1 Å². The highest BCUT2D eigenvalue weighted by Crippen LogP contribution is 2.41. The molecule has 6 rings (SSSR count). The van der Waals surface area contributed by atoms with Crippen LogP contribution in [-0.4, -0.2) is 63.6 Å². The number of carbonyl (C=O) groups excluding carboxylic acids is 2. The summed E-state index contributed by atoms with van der Waals surface area (Å²) < 4.78 is 13.3. The second-order valence-corrected chi connectivity index (χ2v) is 12.7. The van der Waals surface area contributed by atoms with Crippen molar-refractivity contribution < 1.29 is 19.1 Å². The van der Waals surface area contributed by atoms with E-state index in [-0.39, 0.29) is 24.1 Å². The number of carbonyl (C=O) groups is 2. The monoisotopic (exact) mass is 600 g/mol. The van der Waals surface area contributed by atoms with Gasteiger partial charge in [-0.1, -0.05) is 6.07 Å². The zero-order valence-corrected chi connectivity index (χ0v) is 25.9. The number of nitrogens with zero attached hydrogens (tertiary/aromatic N) is 5. The Morgan fingerprint density at radius 2 is 1.95 bits per heavy atom. The van der Waals surface area contributed by atoms with Gasteiger partial charge < -0.3 is 30.3 Å². The number of ether oxygens (including phenoxy) is 2. The van der Waals surface area contributed by atoms with Crippen molar-refractivity contribution in [3.8, 4) is 17.1 Å². The third-order valence-electron chi connectivity index (χ3n) is 7.86. The number of rotatable bonds is 3. The SMILES string of the molecule is Cc1cc2cc(n1)-c1cnn(C)c1OCCCCCN1/C(=N/C2=O)Nc2cccc(NC3CC(NC(=O)OC(C)(C)C)C3)c21. The molecule has 1 aromatic carbocycles. The molecule has 1 fully saturated rings. The van der Waals surface area contributed by atoms with Crippen molar-refractivity contribution in [3.63, 3.8) is 0 Å². The number of benzene rings is 1. The smallest absolute Gasteiger partial charge is 0.407 e. The number of hydrogen-bond donors (Lipinski definition) is 3. The lowest BCUT2D eigenvalue weighted by molar-refractivity contribution is 0.0475. The van der Waals surface area contributed by atoms with E-state index in [2.05, 4.69) is 35.9 Å². The summed E-state index contributed by atoms with van der Waals surface area (Å²) in [6, 6.07) is 9.79. The maximum atomic E-state index is 13.6. The van der Waals surface area contributed by atoms with Gasteiger partial charge in [0.05, 0.1) is 41.1 Å². The number of fused-ring (bicyclic) bond motifs is 7. The van der Waals surface area contributed by atoms with Crippen LogP contribution in [0.3, 0.4) is 0 Å². The Balaban J connectivity index is 1.24. The van der Waals surface area contributed by atoms with E-state index in [1.807, 2.05) is 52.9 Å². The summed E-state index contributed by atoms with van der Waals surface area (Å²) in [6.07, 6.45) is 5.59. The van der Waals surface area contributed by atoms with E-state index in [1.165, 1.54) is 0 Å². The van der Waals surface area contributed by atoms with Crippen molar-refractivity contribution in [3.05, 3.63) is 47.8 Å². The summed E-state index contributed by atoms with van der Waals surface area (Å²) in [5.74, 6) is 0.776. The zero-order valence-electron chi connectivity index (χ0n) is 25.9. The number of para-hydroxylation sites is 1. The molecule has 2 aliphatic heterocycles. The molecule has 2 aromatic heterocycles. The van der Waals surface area contributed by atoms with Crippen LogP contribution in [0.15, 0.2) is 41.5 Å². The van der Waals surface area contributed by atoms with Crippen LogP contribution in [0.4, 0.5) is 21.9 Å². The second-order valence-electron chi connectivity index (χ2n) is 12.7. The van der Waals surface area contributed by atoms with Crippen LogP contribution in [0.25, 0.3) is 11.3 Å². The van der Waals surface area contributed by atoms with Gasteiger partial charge in [0, 0.05) is 36.9 Å². The highest BCUT2D eigenvalue weighted by atomic mass is 16.6. The van der Waals surface area contributed by atoms with E-state index >= 15 is 0 Å². The predicted octanol–water partition coefficient (Wildman–Crippen LogP) is 5.25. The zero-order chi connectivity index (χ0) is 31.0. The first-order valence-electron chi connectivity index (χ1n) is 15.2. The number of hydrogen-bond acceptors (Lipinski definition) is 9. The molecule has 0 unspecified atom stereocenters. The molecule has 2 bridgehead atoms. The summed E-state index contributed by atoms with van der Waals surface area (Å²) in [6.45, 7) is 8.65. The van der Waals surface area contributed by atoms with Gasteiger partial charge in [-0.2, -0.15) is 10.1 Å². The fraction of sp³-hybridized carbons (Fsp3) is 0.469. The van der Waals surface area contributed by atoms with Gasteiger partial charge in [-0.25, -0.2) is 9.48 Å². The molecule has 0 spiro atoms. The Labute approximate surface area is 257 Å². The first-order chi connectivity index (χ1) is 21.0. The summed E-state index contributed by atoms with van der Waals surface area (Å²) >= 11 is 0. The third-order valence-corrected chi connectivity index (χ3v) is 7.86. The number of aryl methyl sites for hydroxylation is 2. The Hall–Kier alpha value is -4.61. The number of pyridine rings is 1. The van der Waals surface area contributed by atoms with Crippen molar-refractivity contribution in [1.82, 2.24) is 20.1 Å². The highest BCUT2D eigenvalue weighted by Gasteiger charge is 2.34. The van der Waals surface area contributed by atoms with Crippen LogP contribution >= 0.6 is 0 Å². The molecule has 12 nitrogen and oxygen atoms in total. The largest absolute Gasteiger partial charge is 0.477 e. The number of alkyl carbamates (subject to hydrolysis) is 1. The molecule has 232 valence electrons. The van der Waals surface area contributed by atoms with Gasteiger partial charge >= 0.3 is 6.09 Å².